The molecule has 0 radical (unpaired) electrons. The van der Waals surface area contributed by atoms with Crippen molar-refractivity contribution >= 4 is 29.4 Å². The summed E-state index contributed by atoms with van der Waals surface area (Å²) in [5.74, 6) is 1.54. The molecule has 2 aromatic heterocycles. The van der Waals surface area contributed by atoms with E-state index in [1.54, 1.807) is 17.7 Å². The quantitative estimate of drug-likeness (QED) is 0.565. The van der Waals surface area contributed by atoms with Crippen LogP contribution in [0.15, 0.2) is 36.5 Å². The molecule has 0 saturated carbocycles. The van der Waals surface area contributed by atoms with Crippen molar-refractivity contribution in [2.45, 2.75) is 26.4 Å². The van der Waals surface area contributed by atoms with E-state index in [1.807, 2.05) is 48.5 Å². The molecule has 1 fully saturated rings. The first kappa shape index (κ1) is 21.0. The Balaban J connectivity index is 1.44. The van der Waals surface area contributed by atoms with Crippen LogP contribution in [0.4, 0.5) is 5.82 Å². The zero-order chi connectivity index (χ0) is 22.0. The Labute approximate surface area is 185 Å². The Morgan fingerprint density at radius 1 is 1.26 bits per heavy atom. The van der Waals surface area contributed by atoms with Gasteiger partial charge in [-0.3, -0.25) is 9.48 Å². The number of anilines is 1. The Morgan fingerprint density at radius 3 is 2.77 bits per heavy atom. The number of hydrogen-bond acceptors (Lipinski definition) is 6. The molecule has 1 unspecified atom stereocenters. The van der Waals surface area contributed by atoms with E-state index in [4.69, 9.17) is 11.6 Å². The van der Waals surface area contributed by atoms with Gasteiger partial charge in [0.1, 0.15) is 0 Å². The summed E-state index contributed by atoms with van der Waals surface area (Å²) < 4.78 is 1.79. The van der Waals surface area contributed by atoms with Gasteiger partial charge < -0.3 is 9.80 Å². The zero-order valence-corrected chi connectivity index (χ0v) is 18.6. The van der Waals surface area contributed by atoms with E-state index in [-0.39, 0.29) is 11.9 Å². The molecular weight excluding hydrogens is 416 g/mol. The lowest BCUT2D eigenvalue weighted by Crippen LogP contribution is -2.53. The van der Waals surface area contributed by atoms with Gasteiger partial charge in [0.25, 0.3) is 0 Å². The molecule has 1 atom stereocenters. The largest absolute Gasteiger partial charge is 0.351 e. The Kier molecular flexibility index (Phi) is 6.03. The third-order valence-corrected chi connectivity index (χ3v) is 5.54. The molecule has 0 N–H and O–H groups in total. The second-order valence-corrected chi connectivity index (χ2v) is 8.15. The Hall–Kier alpha value is -3.20. The fraction of sp³-hybridized carbons (Fsp3) is 0.381. The van der Waals surface area contributed by atoms with Gasteiger partial charge >= 0.3 is 0 Å². The second-order valence-electron chi connectivity index (χ2n) is 7.72. The van der Waals surface area contributed by atoms with Crippen LogP contribution in [0.5, 0.6) is 0 Å². The first-order chi connectivity index (χ1) is 14.9. The number of piperazine rings is 1. The van der Waals surface area contributed by atoms with Gasteiger partial charge in [0, 0.05) is 56.1 Å². The van der Waals surface area contributed by atoms with Crippen LogP contribution in [-0.2, 0) is 18.4 Å². The summed E-state index contributed by atoms with van der Waals surface area (Å²) in [7, 11) is 1.91. The van der Waals surface area contributed by atoms with Crippen LogP contribution >= 0.6 is 11.6 Å². The monoisotopic (exact) mass is 440 g/mol. The van der Waals surface area contributed by atoms with Crippen molar-refractivity contribution in [3.05, 3.63) is 58.5 Å². The second kappa shape index (κ2) is 8.89. The Bertz CT molecular complexity index is 1100. The number of carbonyl (C=O) groups is 1. The minimum absolute atomic E-state index is 0.0104. The van der Waals surface area contributed by atoms with Crippen LogP contribution in [0.1, 0.15) is 23.9 Å². The summed E-state index contributed by atoms with van der Waals surface area (Å²) in [4.78, 5) is 18.5. The first-order valence-corrected chi connectivity index (χ1v) is 10.5. The van der Waals surface area contributed by atoms with E-state index < -0.39 is 0 Å². The smallest absolute Gasteiger partial charge is 0.246 e. The first-order valence-electron chi connectivity index (χ1n) is 10.1. The maximum absolute atomic E-state index is 12.9. The average molecular weight is 441 g/mol. The fourth-order valence-corrected chi connectivity index (χ4v) is 3.93. The van der Waals surface area contributed by atoms with Gasteiger partial charge in [0.2, 0.25) is 5.91 Å². The van der Waals surface area contributed by atoms with Crippen molar-refractivity contribution < 1.29 is 4.79 Å². The maximum atomic E-state index is 12.9. The molecule has 3 heterocycles. The predicted octanol–water partition coefficient (Wildman–Crippen LogP) is 2.17. The molecule has 3 aromatic rings. The molecule has 9 nitrogen and oxygen atoms in total. The van der Waals surface area contributed by atoms with Gasteiger partial charge in [-0.05, 0) is 48.4 Å². The molecule has 0 spiro atoms. The predicted molar refractivity (Wildman–Crippen MR) is 119 cm³/mol. The standard InChI is InChI=1S/C21H25ClN8O/c1-15-13-28(20-8-9-27(3)25-20)10-11-29(15)21(31)7-5-17-4-6-19(22)12-18(17)14-30-24-16(2)23-26-30/h4-9,12,15H,10-11,13-14H2,1-3H3/b7-5+. The third-order valence-electron chi connectivity index (χ3n) is 5.31. The number of amides is 1. The summed E-state index contributed by atoms with van der Waals surface area (Å²) in [5.41, 5.74) is 1.81. The summed E-state index contributed by atoms with van der Waals surface area (Å²) in [6.07, 6.45) is 5.38. The van der Waals surface area contributed by atoms with Crippen molar-refractivity contribution in [3.8, 4) is 0 Å². The number of aromatic nitrogens is 6. The minimum Gasteiger partial charge on any atom is -0.351 e. The van der Waals surface area contributed by atoms with Crippen molar-refractivity contribution in [1.82, 2.24) is 34.9 Å². The highest BCUT2D eigenvalue weighted by Gasteiger charge is 2.27. The number of rotatable bonds is 5. The van der Waals surface area contributed by atoms with Crippen molar-refractivity contribution in [2.24, 2.45) is 7.05 Å². The van der Waals surface area contributed by atoms with Crippen LogP contribution in [0.2, 0.25) is 5.02 Å². The highest BCUT2D eigenvalue weighted by molar-refractivity contribution is 6.30. The number of aryl methyl sites for hydroxylation is 2. The van der Waals surface area contributed by atoms with E-state index in [1.165, 1.54) is 4.80 Å². The highest BCUT2D eigenvalue weighted by atomic mass is 35.5. The molecule has 4 rings (SSSR count). The van der Waals surface area contributed by atoms with Gasteiger partial charge in [0.15, 0.2) is 11.6 Å². The normalized spacial score (nSPS) is 17.0. The van der Waals surface area contributed by atoms with Crippen LogP contribution in [0, 0.1) is 6.92 Å². The lowest BCUT2D eigenvalue weighted by molar-refractivity contribution is -0.128. The van der Waals surface area contributed by atoms with Gasteiger partial charge in [-0.2, -0.15) is 9.90 Å². The number of hydrogen-bond donors (Lipinski definition) is 0. The van der Waals surface area contributed by atoms with Crippen LogP contribution in [0.3, 0.4) is 0 Å². The molecule has 0 bridgehead atoms. The highest BCUT2D eigenvalue weighted by Crippen LogP contribution is 2.20. The van der Waals surface area contributed by atoms with Crippen LogP contribution < -0.4 is 4.90 Å². The maximum Gasteiger partial charge on any atom is 0.246 e. The molecule has 1 amide bonds. The van der Waals surface area contributed by atoms with E-state index in [0.29, 0.717) is 23.9 Å². The van der Waals surface area contributed by atoms with E-state index in [9.17, 15) is 4.79 Å². The van der Waals surface area contributed by atoms with Crippen molar-refractivity contribution in [1.29, 1.82) is 0 Å². The van der Waals surface area contributed by atoms with Crippen molar-refractivity contribution in [3.63, 3.8) is 0 Å². The van der Waals surface area contributed by atoms with E-state index >= 15 is 0 Å². The molecule has 10 heteroatoms. The lowest BCUT2D eigenvalue weighted by atomic mass is 10.1. The van der Waals surface area contributed by atoms with Crippen molar-refractivity contribution in [2.75, 3.05) is 24.5 Å². The third kappa shape index (κ3) is 4.93. The molecule has 0 aliphatic carbocycles. The number of tetrazole rings is 1. The minimum atomic E-state index is -0.0104. The SMILES string of the molecule is Cc1nnn(Cc2cc(Cl)ccc2/C=C/C(=O)N2CCN(c3ccn(C)n3)CC2C)n1. The van der Waals surface area contributed by atoms with Crippen LogP contribution in [0.25, 0.3) is 6.08 Å². The lowest BCUT2D eigenvalue weighted by Gasteiger charge is -2.39. The zero-order valence-electron chi connectivity index (χ0n) is 17.8. The van der Waals surface area contributed by atoms with E-state index in [0.717, 1.165) is 30.0 Å². The van der Waals surface area contributed by atoms with Gasteiger partial charge in [0.05, 0.1) is 6.54 Å². The summed E-state index contributed by atoms with van der Waals surface area (Å²) >= 11 is 6.18. The molecule has 1 aromatic carbocycles. The van der Waals surface area contributed by atoms with Crippen LogP contribution in [-0.4, -0.2) is 66.5 Å². The van der Waals surface area contributed by atoms with Gasteiger partial charge in [-0.25, -0.2) is 0 Å². The molecule has 1 aliphatic rings. The Morgan fingerprint density at radius 2 is 2.10 bits per heavy atom. The molecule has 1 saturated heterocycles. The number of halogens is 1. The van der Waals surface area contributed by atoms with Gasteiger partial charge in [-0.1, -0.05) is 17.7 Å². The number of nitrogens with zero attached hydrogens (tertiary/aromatic N) is 8. The molecular formula is C21H25ClN8O. The molecule has 1 aliphatic heterocycles. The molecule has 162 valence electrons. The summed E-state index contributed by atoms with van der Waals surface area (Å²) in [6.45, 7) is 6.43. The number of carbonyl (C=O) groups excluding carboxylic acids is 1. The molecule has 31 heavy (non-hydrogen) atoms. The number of benzene rings is 1. The summed E-state index contributed by atoms with van der Waals surface area (Å²) in [6, 6.07) is 7.65. The van der Waals surface area contributed by atoms with Gasteiger partial charge in [-0.15, -0.1) is 10.2 Å². The summed E-state index contributed by atoms with van der Waals surface area (Å²) in [5, 5.41) is 17.2. The fourth-order valence-electron chi connectivity index (χ4n) is 3.74. The average Bonchev–Trinajstić information content (AvgIpc) is 3.35. The van der Waals surface area contributed by atoms with E-state index in [2.05, 4.69) is 32.3 Å². The topological polar surface area (TPSA) is 85.0 Å².